The maximum Gasteiger partial charge on any atom is 0.264 e. The van der Waals surface area contributed by atoms with Crippen molar-refractivity contribution in [3.63, 3.8) is 0 Å². The predicted octanol–water partition coefficient (Wildman–Crippen LogP) is 2.77. The second-order valence-corrected chi connectivity index (χ2v) is 8.25. The highest BCUT2D eigenvalue weighted by Gasteiger charge is 2.37. The van der Waals surface area contributed by atoms with Gasteiger partial charge in [0.25, 0.3) is 15.0 Å². The van der Waals surface area contributed by atoms with E-state index in [0.717, 1.165) is 37.8 Å². The third kappa shape index (κ3) is 3.37. The predicted molar refractivity (Wildman–Crippen MR) is 76.2 cm³/mol. The fourth-order valence-electron chi connectivity index (χ4n) is 2.35. The summed E-state index contributed by atoms with van der Waals surface area (Å²) in [6.07, 6.45) is 4.20. The van der Waals surface area contributed by atoms with Gasteiger partial charge in [-0.25, -0.2) is 12.8 Å². The Morgan fingerprint density at radius 3 is 2.48 bits per heavy atom. The van der Waals surface area contributed by atoms with Gasteiger partial charge in [0.15, 0.2) is 0 Å². The van der Waals surface area contributed by atoms with Crippen LogP contribution in [0.15, 0.2) is 23.1 Å². The van der Waals surface area contributed by atoms with E-state index in [1.807, 2.05) is 0 Å². The van der Waals surface area contributed by atoms with Gasteiger partial charge in [0.1, 0.15) is 10.7 Å². The van der Waals surface area contributed by atoms with Crippen molar-refractivity contribution in [3.05, 3.63) is 29.6 Å². The molecule has 0 spiro atoms. The van der Waals surface area contributed by atoms with Gasteiger partial charge in [-0.1, -0.05) is 0 Å². The molecule has 0 bridgehead atoms. The molecule has 3 rings (SSSR count). The summed E-state index contributed by atoms with van der Waals surface area (Å²) in [6, 6.07) is 3.55. The van der Waals surface area contributed by atoms with E-state index < -0.39 is 19.8 Å². The van der Waals surface area contributed by atoms with E-state index in [1.54, 1.807) is 4.90 Å². The first-order chi connectivity index (χ1) is 9.86. The first-order valence-electron chi connectivity index (χ1n) is 6.91. The molecule has 2 saturated carbocycles. The number of nitrogens with zero attached hydrogens (tertiary/aromatic N) is 1. The lowest BCUT2D eigenvalue weighted by Gasteiger charge is -2.22. The quantitative estimate of drug-likeness (QED) is 0.780. The van der Waals surface area contributed by atoms with Gasteiger partial charge >= 0.3 is 0 Å². The van der Waals surface area contributed by atoms with Crippen molar-refractivity contribution in [1.29, 1.82) is 0 Å². The van der Waals surface area contributed by atoms with Crippen LogP contribution >= 0.6 is 10.7 Å². The summed E-state index contributed by atoms with van der Waals surface area (Å²) in [5.74, 6) is -0.640. The molecule has 0 heterocycles. The van der Waals surface area contributed by atoms with E-state index in [0.29, 0.717) is 12.5 Å². The summed E-state index contributed by atoms with van der Waals surface area (Å²) < 4.78 is 36.2. The number of benzene rings is 1. The molecule has 114 valence electrons. The first-order valence-corrected chi connectivity index (χ1v) is 9.22. The first kappa shape index (κ1) is 14.8. The van der Waals surface area contributed by atoms with Crippen molar-refractivity contribution in [2.75, 3.05) is 6.54 Å². The van der Waals surface area contributed by atoms with E-state index in [9.17, 15) is 17.6 Å². The molecule has 0 aromatic heterocycles. The normalized spacial score (nSPS) is 18.6. The maximum absolute atomic E-state index is 13.5. The molecule has 0 aliphatic heterocycles. The summed E-state index contributed by atoms with van der Waals surface area (Å²) in [7, 11) is 0.993. The Bertz CT molecular complexity index is 683. The number of carbonyl (C=O) groups excluding carboxylic acids is 1. The summed E-state index contributed by atoms with van der Waals surface area (Å²) in [4.78, 5) is 13.7. The number of halogens is 2. The highest BCUT2D eigenvalue weighted by atomic mass is 35.7. The molecule has 21 heavy (non-hydrogen) atoms. The summed E-state index contributed by atoms with van der Waals surface area (Å²) in [5.41, 5.74) is 0.170. The van der Waals surface area contributed by atoms with Crippen LogP contribution in [-0.2, 0) is 9.05 Å². The Kier molecular flexibility index (Phi) is 3.69. The minimum Gasteiger partial charge on any atom is -0.335 e. The molecule has 0 saturated heterocycles. The fraction of sp³-hybridized carbons (Fsp3) is 0.500. The Balaban J connectivity index is 1.89. The highest BCUT2D eigenvalue weighted by molar-refractivity contribution is 8.13. The number of hydrogen-bond donors (Lipinski definition) is 0. The summed E-state index contributed by atoms with van der Waals surface area (Å²) >= 11 is 0. The third-order valence-electron chi connectivity index (χ3n) is 3.84. The molecular weight excluding hydrogens is 317 g/mol. The molecule has 2 aliphatic rings. The number of hydrogen-bond acceptors (Lipinski definition) is 3. The zero-order valence-electron chi connectivity index (χ0n) is 11.3. The van der Waals surface area contributed by atoms with Gasteiger partial charge in [-0.15, -0.1) is 0 Å². The van der Waals surface area contributed by atoms with Crippen LogP contribution in [0, 0.1) is 11.7 Å². The minimum atomic E-state index is -4.20. The number of carbonyl (C=O) groups is 1. The number of amides is 1. The second kappa shape index (κ2) is 5.25. The van der Waals surface area contributed by atoms with Crippen LogP contribution in [0.25, 0.3) is 0 Å². The van der Waals surface area contributed by atoms with Gasteiger partial charge in [0, 0.05) is 28.8 Å². The van der Waals surface area contributed by atoms with Gasteiger partial charge in [0.05, 0.1) is 0 Å². The molecule has 2 fully saturated rings. The van der Waals surface area contributed by atoms with Crippen molar-refractivity contribution in [2.24, 2.45) is 5.92 Å². The monoisotopic (exact) mass is 331 g/mol. The molecule has 0 radical (unpaired) electrons. The average Bonchev–Trinajstić information content (AvgIpc) is 3.26. The Hall–Kier alpha value is -1.14. The minimum absolute atomic E-state index is 0.170. The van der Waals surface area contributed by atoms with Crippen LogP contribution in [0.5, 0.6) is 0 Å². The molecule has 7 heteroatoms. The maximum atomic E-state index is 13.5. The lowest BCUT2D eigenvalue weighted by atomic mass is 10.2. The molecule has 0 N–H and O–H groups in total. The molecule has 1 aromatic carbocycles. The van der Waals surface area contributed by atoms with Crippen molar-refractivity contribution in [1.82, 2.24) is 4.90 Å². The topological polar surface area (TPSA) is 54.5 Å². The molecule has 0 unspecified atom stereocenters. The average molecular weight is 332 g/mol. The lowest BCUT2D eigenvalue weighted by Crippen LogP contribution is -2.35. The molecule has 4 nitrogen and oxygen atoms in total. The molecule has 2 aliphatic carbocycles. The third-order valence-corrected chi connectivity index (χ3v) is 5.18. The second-order valence-electron chi connectivity index (χ2n) is 5.72. The van der Waals surface area contributed by atoms with Crippen molar-refractivity contribution < 1.29 is 17.6 Å². The van der Waals surface area contributed by atoms with Crippen LogP contribution in [0.4, 0.5) is 4.39 Å². The molecule has 0 atom stereocenters. The molecule has 1 aromatic rings. The van der Waals surface area contributed by atoms with Gasteiger partial charge < -0.3 is 4.90 Å². The van der Waals surface area contributed by atoms with E-state index in [-0.39, 0.29) is 17.5 Å². The Labute approximate surface area is 127 Å². The van der Waals surface area contributed by atoms with E-state index in [1.165, 1.54) is 6.07 Å². The van der Waals surface area contributed by atoms with Crippen LogP contribution in [0.2, 0.25) is 0 Å². The summed E-state index contributed by atoms with van der Waals surface area (Å²) in [6.45, 7) is 0.698. The van der Waals surface area contributed by atoms with Crippen LogP contribution in [0.3, 0.4) is 0 Å². The van der Waals surface area contributed by atoms with Crippen molar-refractivity contribution in [3.8, 4) is 0 Å². The van der Waals surface area contributed by atoms with E-state index in [2.05, 4.69) is 0 Å². The highest BCUT2D eigenvalue weighted by Crippen LogP contribution is 2.36. The Morgan fingerprint density at radius 2 is 1.95 bits per heavy atom. The molecular formula is C14H15ClFNO3S. The van der Waals surface area contributed by atoms with Crippen LogP contribution in [0.1, 0.15) is 36.0 Å². The van der Waals surface area contributed by atoms with Gasteiger partial charge in [-0.2, -0.15) is 0 Å². The lowest BCUT2D eigenvalue weighted by molar-refractivity contribution is 0.0734. The van der Waals surface area contributed by atoms with Gasteiger partial charge in [-0.05, 0) is 49.8 Å². The van der Waals surface area contributed by atoms with Crippen molar-refractivity contribution in [2.45, 2.75) is 36.6 Å². The van der Waals surface area contributed by atoms with Crippen LogP contribution in [-0.4, -0.2) is 31.8 Å². The van der Waals surface area contributed by atoms with E-state index in [4.69, 9.17) is 10.7 Å². The Morgan fingerprint density at radius 1 is 1.29 bits per heavy atom. The number of rotatable bonds is 5. The molecule has 1 amide bonds. The zero-order valence-corrected chi connectivity index (χ0v) is 12.8. The SMILES string of the molecule is O=C(c1ccc(F)c(S(=O)(=O)Cl)c1)N(CC1CC1)C1CC1. The van der Waals surface area contributed by atoms with Gasteiger partial charge in [-0.3, -0.25) is 4.79 Å². The van der Waals surface area contributed by atoms with E-state index >= 15 is 0 Å². The van der Waals surface area contributed by atoms with Crippen molar-refractivity contribution >= 4 is 25.6 Å². The van der Waals surface area contributed by atoms with Gasteiger partial charge in [0.2, 0.25) is 0 Å². The zero-order chi connectivity index (χ0) is 15.2. The fourth-order valence-corrected chi connectivity index (χ4v) is 3.28. The standard InChI is InChI=1S/C14H15ClFNO3S/c15-21(19,20)13-7-10(3-6-12(13)16)14(18)17(11-4-5-11)8-9-1-2-9/h3,6-7,9,11H,1-2,4-5,8H2. The largest absolute Gasteiger partial charge is 0.335 e. The van der Waals surface area contributed by atoms with Crippen LogP contribution < -0.4 is 0 Å². The smallest absolute Gasteiger partial charge is 0.264 e. The summed E-state index contributed by atoms with van der Waals surface area (Å²) in [5, 5.41) is 0.